The van der Waals surface area contributed by atoms with Crippen LogP contribution in [0.2, 0.25) is 0 Å². The Morgan fingerprint density at radius 1 is 0.317 bits per heavy atom. The van der Waals surface area contributed by atoms with E-state index in [1.54, 1.807) is 0 Å². The second-order valence-electron chi connectivity index (χ2n) is 16.5. The van der Waals surface area contributed by atoms with Crippen molar-refractivity contribution in [2.75, 3.05) is 4.90 Å². The standard InChI is InChI=1S/C57H39NO2/c1-57(2)51-12-6-3-9-45(51)46-30-29-44(35-52(46)57)58(43-27-21-39(22-28-43)41-24-32-56-50(34-41)48-11-5-8-14-54(48)60-56)42-25-19-37(20-26-42)36-15-17-38(18-16-36)40-23-31-55-49(33-40)47-10-4-7-13-53(47)59-55/h3-35H,1-2H3. The number of nitrogens with zero attached hydrogens (tertiary/aromatic N) is 1. The minimum absolute atomic E-state index is 0.110. The molecule has 2 aromatic heterocycles. The zero-order valence-electron chi connectivity index (χ0n) is 33.3. The van der Waals surface area contributed by atoms with Gasteiger partial charge in [0.2, 0.25) is 0 Å². The molecule has 1 aliphatic carbocycles. The third-order valence-electron chi connectivity index (χ3n) is 12.7. The maximum atomic E-state index is 6.13. The first-order valence-electron chi connectivity index (χ1n) is 20.6. The van der Waals surface area contributed by atoms with Gasteiger partial charge in [0.25, 0.3) is 0 Å². The van der Waals surface area contributed by atoms with E-state index in [0.29, 0.717) is 0 Å². The predicted octanol–water partition coefficient (Wildman–Crippen LogP) is 16.3. The molecule has 0 spiro atoms. The molecule has 12 rings (SSSR count). The van der Waals surface area contributed by atoms with Crippen LogP contribution in [0.15, 0.2) is 209 Å². The zero-order chi connectivity index (χ0) is 40.0. The van der Waals surface area contributed by atoms with Crippen molar-refractivity contribution in [1.82, 2.24) is 0 Å². The summed E-state index contributed by atoms with van der Waals surface area (Å²) in [6.45, 7) is 4.69. The highest BCUT2D eigenvalue weighted by molar-refractivity contribution is 6.07. The quantitative estimate of drug-likeness (QED) is 0.169. The Hall–Kier alpha value is -7.62. The van der Waals surface area contributed by atoms with E-state index in [2.05, 4.69) is 195 Å². The third kappa shape index (κ3) is 5.43. The summed E-state index contributed by atoms with van der Waals surface area (Å²) in [4.78, 5) is 2.39. The number of rotatable bonds is 6. The summed E-state index contributed by atoms with van der Waals surface area (Å²) in [6, 6.07) is 72.1. The van der Waals surface area contributed by atoms with Crippen LogP contribution >= 0.6 is 0 Å². The van der Waals surface area contributed by atoms with Gasteiger partial charge in [0.15, 0.2) is 0 Å². The largest absolute Gasteiger partial charge is 0.456 e. The molecule has 2 heterocycles. The van der Waals surface area contributed by atoms with Crippen molar-refractivity contribution < 1.29 is 8.83 Å². The second-order valence-corrected chi connectivity index (χ2v) is 16.5. The molecule has 1 aliphatic rings. The lowest BCUT2D eigenvalue weighted by atomic mass is 9.82. The highest BCUT2D eigenvalue weighted by Crippen LogP contribution is 2.51. The third-order valence-corrected chi connectivity index (χ3v) is 12.7. The van der Waals surface area contributed by atoms with Crippen LogP contribution in [0.4, 0.5) is 17.1 Å². The molecular weight excluding hydrogens is 731 g/mol. The maximum Gasteiger partial charge on any atom is 0.135 e. The van der Waals surface area contributed by atoms with E-state index in [0.717, 1.165) is 72.1 Å². The number of para-hydroxylation sites is 2. The molecule has 9 aromatic carbocycles. The van der Waals surface area contributed by atoms with Crippen LogP contribution < -0.4 is 4.90 Å². The lowest BCUT2D eigenvalue weighted by Crippen LogP contribution is -2.16. The number of anilines is 3. The van der Waals surface area contributed by atoms with Crippen molar-refractivity contribution in [2.45, 2.75) is 19.3 Å². The molecular formula is C57H39NO2. The van der Waals surface area contributed by atoms with E-state index in [-0.39, 0.29) is 5.41 Å². The SMILES string of the molecule is CC1(C)c2ccccc2-c2ccc(N(c3ccc(-c4ccc(-c5ccc6oc7ccccc7c6c5)cc4)cc3)c3ccc(-c4ccc5oc6ccccc6c5c4)cc3)cc21. The maximum absolute atomic E-state index is 6.13. The van der Waals surface area contributed by atoms with E-state index in [1.165, 1.54) is 44.5 Å². The van der Waals surface area contributed by atoms with Gasteiger partial charge >= 0.3 is 0 Å². The molecule has 3 nitrogen and oxygen atoms in total. The molecule has 0 fully saturated rings. The predicted molar refractivity (Wildman–Crippen MR) is 250 cm³/mol. The van der Waals surface area contributed by atoms with Crippen molar-refractivity contribution in [3.05, 3.63) is 211 Å². The van der Waals surface area contributed by atoms with Crippen LogP contribution in [-0.2, 0) is 5.41 Å². The summed E-state index contributed by atoms with van der Waals surface area (Å²) in [5, 5.41) is 4.56. The Morgan fingerprint density at radius 2 is 0.717 bits per heavy atom. The first-order valence-corrected chi connectivity index (χ1v) is 20.6. The Balaban J connectivity index is 0.900. The lowest BCUT2D eigenvalue weighted by molar-refractivity contribution is 0.660. The smallest absolute Gasteiger partial charge is 0.135 e. The summed E-state index contributed by atoms with van der Waals surface area (Å²) in [7, 11) is 0. The van der Waals surface area contributed by atoms with Gasteiger partial charge in [-0.05, 0) is 128 Å². The highest BCUT2D eigenvalue weighted by atomic mass is 16.3. The fourth-order valence-electron chi connectivity index (χ4n) is 9.55. The van der Waals surface area contributed by atoms with Crippen LogP contribution in [0.3, 0.4) is 0 Å². The van der Waals surface area contributed by atoms with E-state index < -0.39 is 0 Å². The normalized spacial score (nSPS) is 13.0. The number of furan rings is 2. The van der Waals surface area contributed by atoms with Gasteiger partial charge in [0, 0.05) is 44.0 Å². The topological polar surface area (TPSA) is 29.5 Å². The molecule has 0 saturated carbocycles. The Morgan fingerprint density at radius 3 is 1.27 bits per heavy atom. The molecule has 0 radical (unpaired) electrons. The van der Waals surface area contributed by atoms with Crippen LogP contribution in [0.5, 0.6) is 0 Å². The van der Waals surface area contributed by atoms with Gasteiger partial charge in [-0.25, -0.2) is 0 Å². The lowest BCUT2D eigenvalue weighted by Gasteiger charge is -2.28. The Bertz CT molecular complexity index is 3440. The summed E-state index contributed by atoms with van der Waals surface area (Å²) >= 11 is 0. The molecule has 11 aromatic rings. The number of hydrogen-bond donors (Lipinski definition) is 0. The van der Waals surface area contributed by atoms with Crippen LogP contribution in [0.1, 0.15) is 25.0 Å². The van der Waals surface area contributed by atoms with Gasteiger partial charge in [-0.1, -0.05) is 141 Å². The first-order chi connectivity index (χ1) is 29.5. The van der Waals surface area contributed by atoms with E-state index >= 15 is 0 Å². The van der Waals surface area contributed by atoms with Gasteiger partial charge in [-0.3, -0.25) is 0 Å². The van der Waals surface area contributed by atoms with Gasteiger partial charge < -0.3 is 13.7 Å². The zero-order valence-corrected chi connectivity index (χ0v) is 33.3. The average Bonchev–Trinajstić information content (AvgIpc) is 3.94. The molecule has 0 aliphatic heterocycles. The molecule has 0 unspecified atom stereocenters. The average molecular weight is 770 g/mol. The second kappa shape index (κ2) is 13.2. The summed E-state index contributed by atoms with van der Waals surface area (Å²) in [5.41, 5.74) is 19.3. The molecule has 284 valence electrons. The number of benzene rings is 9. The number of hydrogen-bond acceptors (Lipinski definition) is 3. The molecule has 60 heavy (non-hydrogen) atoms. The molecule has 0 atom stereocenters. The van der Waals surface area contributed by atoms with E-state index in [4.69, 9.17) is 8.83 Å². The Labute approximate surface area is 348 Å². The molecule has 3 heteroatoms. The molecule has 0 N–H and O–H groups in total. The van der Waals surface area contributed by atoms with Crippen LogP contribution in [-0.4, -0.2) is 0 Å². The summed E-state index contributed by atoms with van der Waals surface area (Å²) < 4.78 is 12.2. The van der Waals surface area contributed by atoms with Crippen molar-refractivity contribution in [2.24, 2.45) is 0 Å². The fourth-order valence-corrected chi connectivity index (χ4v) is 9.55. The molecule has 0 amide bonds. The van der Waals surface area contributed by atoms with Crippen LogP contribution in [0.25, 0.3) is 88.4 Å². The van der Waals surface area contributed by atoms with E-state index in [9.17, 15) is 0 Å². The monoisotopic (exact) mass is 769 g/mol. The van der Waals surface area contributed by atoms with Crippen molar-refractivity contribution >= 4 is 60.9 Å². The number of fused-ring (bicyclic) bond motifs is 9. The molecule has 0 bridgehead atoms. The van der Waals surface area contributed by atoms with Gasteiger partial charge in [0.1, 0.15) is 22.3 Å². The fraction of sp³-hybridized carbons (Fsp3) is 0.0526. The Kier molecular flexibility index (Phi) is 7.58. The first kappa shape index (κ1) is 34.4. The summed E-state index contributed by atoms with van der Waals surface area (Å²) in [6.07, 6.45) is 0. The molecule has 0 saturated heterocycles. The van der Waals surface area contributed by atoms with Crippen LogP contribution in [0, 0.1) is 0 Å². The van der Waals surface area contributed by atoms with Gasteiger partial charge in [-0.2, -0.15) is 0 Å². The minimum atomic E-state index is -0.110. The van der Waals surface area contributed by atoms with E-state index in [1.807, 2.05) is 24.3 Å². The summed E-state index contributed by atoms with van der Waals surface area (Å²) in [5.74, 6) is 0. The highest BCUT2D eigenvalue weighted by Gasteiger charge is 2.35. The van der Waals surface area contributed by atoms with Gasteiger partial charge in [-0.15, -0.1) is 0 Å². The van der Waals surface area contributed by atoms with Crippen molar-refractivity contribution in [3.63, 3.8) is 0 Å². The van der Waals surface area contributed by atoms with Crippen molar-refractivity contribution in [1.29, 1.82) is 0 Å². The van der Waals surface area contributed by atoms with Crippen molar-refractivity contribution in [3.8, 4) is 44.5 Å². The van der Waals surface area contributed by atoms with Gasteiger partial charge in [0.05, 0.1) is 0 Å². The minimum Gasteiger partial charge on any atom is -0.456 e.